The molecule has 7 nitrogen and oxygen atoms in total. The van der Waals surface area contributed by atoms with E-state index in [-0.39, 0.29) is 0 Å². The first-order valence-electron chi connectivity index (χ1n) is 7.36. The van der Waals surface area contributed by atoms with Crippen LogP contribution in [0.25, 0.3) is 0 Å². The minimum atomic E-state index is -1.21. The summed E-state index contributed by atoms with van der Waals surface area (Å²) >= 11 is 0. The first-order chi connectivity index (χ1) is 10.8. The summed E-state index contributed by atoms with van der Waals surface area (Å²) < 4.78 is 5.18. The Balaban J connectivity index is 0.000000515. The number of ether oxygens (including phenoxy) is 1. The van der Waals surface area contributed by atoms with Gasteiger partial charge in [0.25, 0.3) is 0 Å². The number of carboxylic acid groups (broad SMARTS) is 2. The molecule has 0 saturated carbocycles. The van der Waals surface area contributed by atoms with Crippen LogP contribution in [0.1, 0.15) is 33.1 Å². The van der Waals surface area contributed by atoms with Crippen LogP contribution in [0.4, 0.5) is 0 Å². The smallest absolute Gasteiger partial charge is 0.347 e. The normalized spacial score (nSPS) is 13.9. The molecule has 0 amide bonds. The number of benzene rings is 1. The monoisotopic (exact) mass is 328 g/mol. The first-order valence-corrected chi connectivity index (χ1v) is 7.36. The van der Waals surface area contributed by atoms with Gasteiger partial charge in [0.15, 0.2) is 6.10 Å². The van der Waals surface area contributed by atoms with Crippen molar-refractivity contribution < 1.29 is 34.8 Å². The SMILES string of the molecule is CCC(O)C(Oc1ccccc1)C(=O)O.CCCC(O)C(=O)O. The molecule has 130 valence electrons. The van der Waals surface area contributed by atoms with Gasteiger partial charge in [-0.15, -0.1) is 0 Å². The Morgan fingerprint density at radius 3 is 1.96 bits per heavy atom. The molecular formula is C16H24O7. The summed E-state index contributed by atoms with van der Waals surface area (Å²) in [6.45, 7) is 3.53. The number of aliphatic hydroxyl groups is 2. The molecule has 1 rings (SSSR count). The first kappa shape index (κ1) is 20.9. The second kappa shape index (κ2) is 11.4. The number of hydrogen-bond donors (Lipinski definition) is 4. The second-order valence-corrected chi connectivity index (χ2v) is 4.81. The summed E-state index contributed by atoms with van der Waals surface area (Å²) in [6.07, 6.45) is -1.99. The quantitative estimate of drug-likeness (QED) is 0.570. The Morgan fingerprint density at radius 1 is 1.04 bits per heavy atom. The molecule has 0 radical (unpaired) electrons. The lowest BCUT2D eigenvalue weighted by atomic mass is 10.1. The van der Waals surface area contributed by atoms with Gasteiger partial charge >= 0.3 is 11.9 Å². The zero-order chi connectivity index (χ0) is 17.8. The predicted octanol–water partition coefficient (Wildman–Crippen LogP) is 1.52. The molecule has 0 fully saturated rings. The highest BCUT2D eigenvalue weighted by Gasteiger charge is 2.27. The van der Waals surface area contributed by atoms with Crippen molar-refractivity contribution in [3.8, 4) is 5.75 Å². The fourth-order valence-electron chi connectivity index (χ4n) is 1.55. The zero-order valence-corrected chi connectivity index (χ0v) is 13.3. The van der Waals surface area contributed by atoms with Crippen LogP contribution in [0.15, 0.2) is 30.3 Å². The number of rotatable bonds is 8. The summed E-state index contributed by atoms with van der Waals surface area (Å²) in [7, 11) is 0. The highest BCUT2D eigenvalue weighted by Crippen LogP contribution is 2.14. The number of carboxylic acids is 2. The average molecular weight is 328 g/mol. The van der Waals surface area contributed by atoms with Crippen molar-refractivity contribution in [2.75, 3.05) is 0 Å². The molecule has 1 aromatic carbocycles. The Hall–Kier alpha value is -2.12. The van der Waals surface area contributed by atoms with E-state index in [4.69, 9.17) is 20.1 Å². The van der Waals surface area contributed by atoms with Gasteiger partial charge in [0.1, 0.15) is 11.9 Å². The van der Waals surface area contributed by atoms with Crippen molar-refractivity contribution in [3.63, 3.8) is 0 Å². The lowest BCUT2D eigenvalue weighted by Gasteiger charge is -2.19. The van der Waals surface area contributed by atoms with E-state index in [0.29, 0.717) is 25.0 Å². The third-order valence-corrected chi connectivity index (χ3v) is 2.86. The molecule has 7 heteroatoms. The molecule has 0 saturated heterocycles. The molecule has 0 aromatic heterocycles. The van der Waals surface area contributed by atoms with Gasteiger partial charge in [-0.1, -0.05) is 38.5 Å². The van der Waals surface area contributed by atoms with Crippen LogP contribution in [0, 0.1) is 0 Å². The van der Waals surface area contributed by atoms with Crippen LogP contribution in [0.3, 0.4) is 0 Å². The van der Waals surface area contributed by atoms with E-state index in [2.05, 4.69) is 0 Å². The lowest BCUT2D eigenvalue weighted by molar-refractivity contribution is -0.150. The summed E-state index contributed by atoms with van der Waals surface area (Å²) in [4.78, 5) is 20.7. The van der Waals surface area contributed by atoms with E-state index in [0.717, 1.165) is 0 Å². The summed E-state index contributed by atoms with van der Waals surface area (Å²) in [5.41, 5.74) is 0. The van der Waals surface area contributed by atoms with Crippen LogP contribution in [-0.4, -0.2) is 50.7 Å². The van der Waals surface area contributed by atoms with Crippen LogP contribution in [-0.2, 0) is 9.59 Å². The molecule has 3 atom stereocenters. The Bertz CT molecular complexity index is 461. The fraction of sp³-hybridized carbons (Fsp3) is 0.500. The van der Waals surface area contributed by atoms with E-state index in [1.54, 1.807) is 37.3 Å². The van der Waals surface area contributed by atoms with Gasteiger partial charge in [-0.05, 0) is 25.0 Å². The van der Waals surface area contributed by atoms with Gasteiger partial charge in [0, 0.05) is 0 Å². The maximum Gasteiger partial charge on any atom is 0.347 e. The summed E-state index contributed by atoms with van der Waals surface area (Å²) in [6, 6.07) is 8.59. The molecule has 1 aromatic rings. The van der Waals surface area contributed by atoms with Crippen LogP contribution in [0.2, 0.25) is 0 Å². The van der Waals surface area contributed by atoms with Crippen molar-refractivity contribution in [3.05, 3.63) is 30.3 Å². The number of carbonyl (C=O) groups is 2. The van der Waals surface area contributed by atoms with Crippen molar-refractivity contribution in [2.45, 2.75) is 51.4 Å². The largest absolute Gasteiger partial charge is 0.479 e. The van der Waals surface area contributed by atoms with Gasteiger partial charge in [-0.25, -0.2) is 9.59 Å². The summed E-state index contributed by atoms with van der Waals surface area (Å²) in [5.74, 6) is -1.85. The highest BCUT2D eigenvalue weighted by atomic mass is 16.5. The molecule has 0 aliphatic heterocycles. The maximum atomic E-state index is 10.8. The van der Waals surface area contributed by atoms with Gasteiger partial charge in [0.2, 0.25) is 6.10 Å². The molecule has 3 unspecified atom stereocenters. The van der Waals surface area contributed by atoms with E-state index in [1.165, 1.54) is 0 Å². The second-order valence-electron chi connectivity index (χ2n) is 4.81. The van der Waals surface area contributed by atoms with Gasteiger partial charge < -0.3 is 25.2 Å². The van der Waals surface area contributed by atoms with Crippen molar-refractivity contribution in [1.29, 1.82) is 0 Å². The topological polar surface area (TPSA) is 124 Å². The van der Waals surface area contributed by atoms with E-state index < -0.39 is 30.3 Å². The third-order valence-electron chi connectivity index (χ3n) is 2.86. The van der Waals surface area contributed by atoms with E-state index >= 15 is 0 Å². The van der Waals surface area contributed by atoms with Crippen molar-refractivity contribution in [1.82, 2.24) is 0 Å². The van der Waals surface area contributed by atoms with Crippen LogP contribution >= 0.6 is 0 Å². The van der Waals surface area contributed by atoms with E-state index in [1.807, 2.05) is 6.92 Å². The Labute approximate surface area is 135 Å². The Kier molecular flexibility index (Phi) is 10.4. The van der Waals surface area contributed by atoms with Gasteiger partial charge in [0.05, 0.1) is 0 Å². The van der Waals surface area contributed by atoms with Crippen LogP contribution in [0.5, 0.6) is 5.75 Å². The number of aliphatic hydroxyl groups excluding tert-OH is 2. The molecule has 0 bridgehead atoms. The van der Waals surface area contributed by atoms with Gasteiger partial charge in [-0.3, -0.25) is 0 Å². The number of aliphatic carboxylic acids is 2. The van der Waals surface area contributed by atoms with Crippen molar-refractivity contribution >= 4 is 11.9 Å². The average Bonchev–Trinajstić information content (AvgIpc) is 2.53. The van der Waals surface area contributed by atoms with Gasteiger partial charge in [-0.2, -0.15) is 0 Å². The summed E-state index contributed by atoms with van der Waals surface area (Å²) in [5, 5.41) is 34.9. The minimum Gasteiger partial charge on any atom is -0.479 e. The molecule has 4 N–H and O–H groups in total. The molecule has 0 heterocycles. The maximum absolute atomic E-state index is 10.8. The molecule has 0 spiro atoms. The molecule has 23 heavy (non-hydrogen) atoms. The molecular weight excluding hydrogens is 304 g/mol. The molecule has 0 aliphatic rings. The number of para-hydroxylation sites is 1. The zero-order valence-electron chi connectivity index (χ0n) is 13.3. The third kappa shape index (κ3) is 8.80. The van der Waals surface area contributed by atoms with Crippen molar-refractivity contribution in [2.24, 2.45) is 0 Å². The van der Waals surface area contributed by atoms with E-state index in [9.17, 15) is 14.7 Å². The Morgan fingerprint density at radius 2 is 1.61 bits per heavy atom. The highest BCUT2D eigenvalue weighted by molar-refractivity contribution is 5.73. The predicted molar refractivity (Wildman–Crippen MR) is 83.3 cm³/mol. The number of hydrogen-bond acceptors (Lipinski definition) is 5. The lowest BCUT2D eigenvalue weighted by Crippen LogP contribution is -2.38. The standard InChI is InChI=1S/C11H14O4.C5H10O3/c1-2-9(12)10(11(13)14)15-8-6-4-3-5-7-8;1-2-3-4(6)5(7)8/h3-7,9-10,12H,2H2,1H3,(H,13,14);4,6H,2-3H2,1H3,(H,7,8). The van der Waals surface area contributed by atoms with Crippen LogP contribution < -0.4 is 4.74 Å². The molecule has 0 aliphatic carbocycles. The fourth-order valence-corrected chi connectivity index (χ4v) is 1.55. The minimum absolute atomic E-state index is 0.337.